The van der Waals surface area contributed by atoms with Gasteiger partial charge in [0.2, 0.25) is 0 Å². The molecule has 17 heavy (non-hydrogen) atoms. The third-order valence-electron chi connectivity index (χ3n) is 2.12. The lowest BCUT2D eigenvalue weighted by Crippen LogP contribution is -2.01. The van der Waals surface area contributed by atoms with E-state index in [2.05, 4.69) is 26.2 Å². The molecule has 0 aliphatic carbocycles. The molecule has 2 aromatic rings. The fourth-order valence-electron chi connectivity index (χ4n) is 1.32. The fraction of sp³-hybridized carbons (Fsp3) is 0. The predicted molar refractivity (Wildman–Crippen MR) is 66.0 cm³/mol. The van der Waals surface area contributed by atoms with E-state index in [9.17, 15) is 8.78 Å². The van der Waals surface area contributed by atoms with E-state index in [0.717, 1.165) is 0 Å². The monoisotopic (exact) mass is 299 g/mol. The Balaban J connectivity index is 2.40. The van der Waals surface area contributed by atoms with E-state index < -0.39 is 11.6 Å². The van der Waals surface area contributed by atoms with Crippen molar-refractivity contribution < 1.29 is 8.78 Å². The highest BCUT2D eigenvalue weighted by molar-refractivity contribution is 9.10. The molecule has 1 aromatic carbocycles. The third-order valence-corrected chi connectivity index (χ3v) is 2.58. The molecule has 0 aliphatic rings. The van der Waals surface area contributed by atoms with Crippen molar-refractivity contribution in [1.29, 1.82) is 0 Å². The highest BCUT2D eigenvalue weighted by Gasteiger charge is 2.11. The molecule has 0 atom stereocenters. The van der Waals surface area contributed by atoms with E-state index in [1.165, 1.54) is 30.6 Å². The van der Waals surface area contributed by atoms with Crippen LogP contribution in [0.3, 0.4) is 0 Å². The van der Waals surface area contributed by atoms with Gasteiger partial charge in [-0.25, -0.2) is 8.78 Å². The standard InChI is InChI=1S/C11H8BrF2N3/c12-6-3-7(13)11(8(14)4-6)17-10-1-2-16-5-9(10)15/h1-5H,15H2,(H,16,17). The topological polar surface area (TPSA) is 50.9 Å². The van der Waals surface area contributed by atoms with E-state index in [1.54, 1.807) is 0 Å². The van der Waals surface area contributed by atoms with Gasteiger partial charge >= 0.3 is 0 Å². The first-order valence-electron chi connectivity index (χ1n) is 4.69. The minimum atomic E-state index is -0.701. The predicted octanol–water partition coefficient (Wildman–Crippen LogP) is 3.45. The molecule has 0 amide bonds. The average molecular weight is 300 g/mol. The van der Waals surface area contributed by atoms with Crippen LogP contribution in [0.2, 0.25) is 0 Å². The van der Waals surface area contributed by atoms with Crippen molar-refractivity contribution in [3.8, 4) is 0 Å². The summed E-state index contributed by atoms with van der Waals surface area (Å²) in [7, 11) is 0. The van der Waals surface area contributed by atoms with Crippen molar-refractivity contribution in [3.63, 3.8) is 0 Å². The van der Waals surface area contributed by atoms with Crippen molar-refractivity contribution in [2.24, 2.45) is 0 Å². The quantitative estimate of drug-likeness (QED) is 0.893. The zero-order chi connectivity index (χ0) is 12.4. The number of aromatic nitrogens is 1. The van der Waals surface area contributed by atoms with Gasteiger partial charge in [-0.05, 0) is 18.2 Å². The summed E-state index contributed by atoms with van der Waals surface area (Å²) >= 11 is 3.00. The second-order valence-corrected chi connectivity index (χ2v) is 4.25. The first-order valence-corrected chi connectivity index (χ1v) is 5.48. The molecule has 0 saturated heterocycles. The van der Waals surface area contributed by atoms with E-state index in [0.29, 0.717) is 15.8 Å². The lowest BCUT2D eigenvalue weighted by molar-refractivity contribution is 0.589. The maximum atomic E-state index is 13.5. The zero-order valence-electron chi connectivity index (χ0n) is 8.55. The molecule has 3 N–H and O–H groups in total. The van der Waals surface area contributed by atoms with E-state index in [-0.39, 0.29) is 5.69 Å². The van der Waals surface area contributed by atoms with Crippen LogP contribution in [0.1, 0.15) is 0 Å². The number of nitrogen functional groups attached to an aromatic ring is 1. The Kier molecular flexibility index (Phi) is 3.23. The summed E-state index contributed by atoms with van der Waals surface area (Å²) in [5.74, 6) is -1.40. The fourth-order valence-corrected chi connectivity index (χ4v) is 1.72. The molecule has 0 aliphatic heterocycles. The third kappa shape index (κ3) is 2.52. The molecule has 6 heteroatoms. The normalized spacial score (nSPS) is 10.3. The van der Waals surface area contributed by atoms with Gasteiger partial charge in [-0.2, -0.15) is 0 Å². The molecule has 0 saturated carbocycles. The SMILES string of the molecule is Nc1cnccc1Nc1c(F)cc(Br)cc1F. The van der Waals surface area contributed by atoms with Gasteiger partial charge in [0.1, 0.15) is 5.69 Å². The number of hydrogen-bond donors (Lipinski definition) is 2. The van der Waals surface area contributed by atoms with Crippen LogP contribution >= 0.6 is 15.9 Å². The Morgan fingerprint density at radius 3 is 2.47 bits per heavy atom. The molecule has 0 spiro atoms. The Bertz CT molecular complexity index is 537. The summed E-state index contributed by atoms with van der Waals surface area (Å²) in [5.41, 5.74) is 6.09. The molecule has 2 rings (SSSR count). The maximum absolute atomic E-state index is 13.5. The molecule has 0 radical (unpaired) electrons. The average Bonchev–Trinajstić information content (AvgIpc) is 2.25. The zero-order valence-corrected chi connectivity index (χ0v) is 10.1. The number of hydrogen-bond acceptors (Lipinski definition) is 3. The highest BCUT2D eigenvalue weighted by atomic mass is 79.9. The molecule has 0 bridgehead atoms. The number of rotatable bonds is 2. The van der Waals surface area contributed by atoms with Crippen LogP contribution in [0, 0.1) is 11.6 Å². The Morgan fingerprint density at radius 1 is 1.24 bits per heavy atom. The summed E-state index contributed by atoms with van der Waals surface area (Å²) in [6.07, 6.45) is 2.88. The number of halogens is 3. The number of pyridine rings is 1. The van der Waals surface area contributed by atoms with Crippen LogP contribution in [0.15, 0.2) is 35.1 Å². The number of anilines is 3. The highest BCUT2D eigenvalue weighted by Crippen LogP contribution is 2.28. The van der Waals surface area contributed by atoms with Gasteiger partial charge in [-0.3, -0.25) is 4.98 Å². The first-order chi connectivity index (χ1) is 8.08. The number of benzene rings is 1. The van der Waals surface area contributed by atoms with Crippen molar-refractivity contribution in [1.82, 2.24) is 4.98 Å². The van der Waals surface area contributed by atoms with E-state index in [1.807, 2.05) is 0 Å². The lowest BCUT2D eigenvalue weighted by atomic mass is 10.2. The summed E-state index contributed by atoms with van der Waals surface area (Å²) < 4.78 is 27.4. The molecule has 1 heterocycles. The molecule has 3 nitrogen and oxygen atoms in total. The molecular formula is C11H8BrF2N3. The summed E-state index contributed by atoms with van der Waals surface area (Å²) in [4.78, 5) is 3.79. The molecule has 88 valence electrons. The number of nitrogens with two attached hydrogens (primary N) is 1. The minimum absolute atomic E-state index is 0.244. The smallest absolute Gasteiger partial charge is 0.150 e. The molecule has 0 fully saturated rings. The minimum Gasteiger partial charge on any atom is -0.396 e. The Labute approximate surface area is 105 Å². The summed E-state index contributed by atoms with van der Waals surface area (Å²) in [6, 6.07) is 3.88. The lowest BCUT2D eigenvalue weighted by Gasteiger charge is -2.10. The van der Waals surface area contributed by atoms with Gasteiger partial charge in [-0.1, -0.05) is 15.9 Å². The maximum Gasteiger partial charge on any atom is 0.150 e. The van der Waals surface area contributed by atoms with E-state index >= 15 is 0 Å². The van der Waals surface area contributed by atoms with Gasteiger partial charge in [0, 0.05) is 10.7 Å². The van der Waals surface area contributed by atoms with E-state index in [4.69, 9.17) is 5.73 Å². The molecular weight excluding hydrogens is 292 g/mol. The van der Waals surface area contributed by atoms with Crippen LogP contribution in [0.4, 0.5) is 25.8 Å². The summed E-state index contributed by atoms with van der Waals surface area (Å²) in [6.45, 7) is 0. The van der Waals surface area contributed by atoms with Gasteiger partial charge in [0.05, 0.1) is 17.6 Å². The van der Waals surface area contributed by atoms with Gasteiger partial charge in [0.25, 0.3) is 0 Å². The second-order valence-electron chi connectivity index (χ2n) is 3.33. The van der Waals surface area contributed by atoms with Gasteiger partial charge in [0.15, 0.2) is 11.6 Å². The first kappa shape index (κ1) is 11.8. The second kappa shape index (κ2) is 4.67. The van der Waals surface area contributed by atoms with Crippen molar-refractivity contribution in [3.05, 3.63) is 46.7 Å². The largest absolute Gasteiger partial charge is 0.396 e. The molecule has 0 unspecified atom stereocenters. The number of nitrogens with zero attached hydrogens (tertiary/aromatic N) is 1. The van der Waals surface area contributed by atoms with Crippen LogP contribution in [-0.4, -0.2) is 4.98 Å². The van der Waals surface area contributed by atoms with Crippen molar-refractivity contribution in [2.75, 3.05) is 11.1 Å². The van der Waals surface area contributed by atoms with Crippen LogP contribution in [0.25, 0.3) is 0 Å². The van der Waals surface area contributed by atoms with Crippen LogP contribution in [0.5, 0.6) is 0 Å². The Hall–Kier alpha value is -1.69. The van der Waals surface area contributed by atoms with Gasteiger partial charge < -0.3 is 11.1 Å². The van der Waals surface area contributed by atoms with Crippen molar-refractivity contribution in [2.45, 2.75) is 0 Å². The van der Waals surface area contributed by atoms with Crippen LogP contribution in [-0.2, 0) is 0 Å². The van der Waals surface area contributed by atoms with Gasteiger partial charge in [-0.15, -0.1) is 0 Å². The number of nitrogens with one attached hydrogen (secondary N) is 1. The summed E-state index contributed by atoms with van der Waals surface area (Å²) in [5, 5.41) is 2.60. The van der Waals surface area contributed by atoms with Crippen molar-refractivity contribution >= 4 is 33.0 Å². The molecule has 1 aromatic heterocycles. The van der Waals surface area contributed by atoms with Crippen LogP contribution < -0.4 is 11.1 Å². The Morgan fingerprint density at radius 2 is 1.88 bits per heavy atom.